The standard InChI is InChI=1S/C20H15BrO4/c1-12(18(22)14-6-9-15(21)10-7-14)25-20(24)17-11-8-13-4-2-3-5-16(13)19(17)23/h2-12,23H,1H3/t12-/m1/s1. The fourth-order valence-corrected chi connectivity index (χ4v) is 2.81. The highest BCUT2D eigenvalue weighted by Crippen LogP contribution is 2.29. The van der Waals surface area contributed by atoms with E-state index in [2.05, 4.69) is 15.9 Å². The number of phenols is 1. The van der Waals surface area contributed by atoms with Crippen LogP contribution < -0.4 is 0 Å². The quantitative estimate of drug-likeness (QED) is 0.509. The van der Waals surface area contributed by atoms with Gasteiger partial charge in [0.05, 0.1) is 0 Å². The van der Waals surface area contributed by atoms with Crippen LogP contribution in [-0.2, 0) is 4.74 Å². The number of carbonyl (C=O) groups is 2. The number of rotatable bonds is 4. The van der Waals surface area contributed by atoms with Crippen LogP contribution in [0.5, 0.6) is 5.75 Å². The number of ether oxygens (including phenoxy) is 1. The van der Waals surface area contributed by atoms with E-state index >= 15 is 0 Å². The third-order valence-corrected chi connectivity index (χ3v) is 4.43. The number of hydrogen-bond acceptors (Lipinski definition) is 4. The Bertz CT molecular complexity index is 948. The summed E-state index contributed by atoms with van der Waals surface area (Å²) in [6.07, 6.45) is -0.959. The van der Waals surface area contributed by atoms with Crippen LogP contribution >= 0.6 is 15.9 Å². The van der Waals surface area contributed by atoms with E-state index in [0.717, 1.165) is 9.86 Å². The topological polar surface area (TPSA) is 63.6 Å². The van der Waals surface area contributed by atoms with E-state index < -0.39 is 12.1 Å². The van der Waals surface area contributed by atoms with Crippen LogP contribution in [0.4, 0.5) is 0 Å². The van der Waals surface area contributed by atoms with Gasteiger partial charge in [-0.1, -0.05) is 58.4 Å². The third kappa shape index (κ3) is 3.56. The zero-order chi connectivity index (χ0) is 18.0. The van der Waals surface area contributed by atoms with Gasteiger partial charge in [-0.2, -0.15) is 0 Å². The molecule has 0 heterocycles. The lowest BCUT2D eigenvalue weighted by Gasteiger charge is -2.14. The minimum Gasteiger partial charge on any atom is -0.506 e. The molecule has 4 nitrogen and oxygen atoms in total. The second kappa shape index (κ2) is 7.07. The van der Waals surface area contributed by atoms with Crippen LogP contribution in [0.2, 0.25) is 0 Å². The number of aromatic hydroxyl groups is 1. The summed E-state index contributed by atoms with van der Waals surface area (Å²) >= 11 is 3.31. The molecule has 0 bridgehead atoms. The van der Waals surface area contributed by atoms with Crippen molar-refractivity contribution < 1.29 is 19.4 Å². The largest absolute Gasteiger partial charge is 0.506 e. The molecule has 0 spiro atoms. The van der Waals surface area contributed by atoms with Gasteiger partial charge in [0.25, 0.3) is 0 Å². The molecule has 0 saturated carbocycles. The first-order valence-electron chi connectivity index (χ1n) is 7.69. The van der Waals surface area contributed by atoms with Crippen molar-refractivity contribution in [3.63, 3.8) is 0 Å². The molecule has 1 atom stereocenters. The summed E-state index contributed by atoms with van der Waals surface area (Å²) in [6.45, 7) is 1.51. The Morgan fingerprint density at radius 2 is 1.68 bits per heavy atom. The lowest BCUT2D eigenvalue weighted by molar-refractivity contribution is 0.0316. The van der Waals surface area contributed by atoms with Crippen molar-refractivity contribution in [3.05, 3.63) is 76.3 Å². The van der Waals surface area contributed by atoms with E-state index in [1.807, 2.05) is 12.1 Å². The van der Waals surface area contributed by atoms with Gasteiger partial charge < -0.3 is 9.84 Å². The molecule has 0 aliphatic heterocycles. The van der Waals surface area contributed by atoms with Crippen LogP contribution in [0.3, 0.4) is 0 Å². The molecule has 0 aliphatic rings. The first kappa shape index (κ1) is 17.2. The molecule has 0 fully saturated rings. The molecule has 0 aliphatic carbocycles. The summed E-state index contributed by atoms with van der Waals surface area (Å²) in [7, 11) is 0. The Labute approximate surface area is 153 Å². The minimum atomic E-state index is -0.959. The molecule has 126 valence electrons. The van der Waals surface area contributed by atoms with Gasteiger partial charge in [-0.25, -0.2) is 4.79 Å². The number of halogens is 1. The molecule has 0 unspecified atom stereocenters. The molecule has 0 aromatic heterocycles. The summed E-state index contributed by atoms with van der Waals surface area (Å²) in [5.74, 6) is -1.19. The normalized spacial score (nSPS) is 11.9. The van der Waals surface area contributed by atoms with E-state index in [9.17, 15) is 14.7 Å². The van der Waals surface area contributed by atoms with Crippen LogP contribution in [0, 0.1) is 0 Å². The maximum Gasteiger partial charge on any atom is 0.342 e. The van der Waals surface area contributed by atoms with Gasteiger partial charge in [0.15, 0.2) is 6.10 Å². The first-order valence-corrected chi connectivity index (χ1v) is 8.48. The molecule has 25 heavy (non-hydrogen) atoms. The van der Waals surface area contributed by atoms with Gasteiger partial charge in [0.2, 0.25) is 5.78 Å². The molecule has 5 heteroatoms. The Morgan fingerprint density at radius 1 is 1.00 bits per heavy atom. The van der Waals surface area contributed by atoms with Gasteiger partial charge in [-0.05, 0) is 30.5 Å². The van der Waals surface area contributed by atoms with E-state index in [1.54, 1.807) is 42.5 Å². The maximum atomic E-state index is 12.4. The third-order valence-electron chi connectivity index (χ3n) is 3.90. The van der Waals surface area contributed by atoms with E-state index in [4.69, 9.17) is 4.74 Å². The number of ketones is 1. The summed E-state index contributed by atoms with van der Waals surface area (Å²) in [6, 6.07) is 17.2. The Hall–Kier alpha value is -2.66. The number of Topliss-reactive ketones (excluding diaryl/α,β-unsaturated/α-hetero) is 1. The average molecular weight is 399 g/mol. The van der Waals surface area contributed by atoms with Crippen molar-refractivity contribution in [2.75, 3.05) is 0 Å². The molecular weight excluding hydrogens is 384 g/mol. The fourth-order valence-electron chi connectivity index (χ4n) is 2.55. The van der Waals surface area contributed by atoms with Gasteiger partial charge in [-0.15, -0.1) is 0 Å². The van der Waals surface area contributed by atoms with Crippen LogP contribution in [0.25, 0.3) is 10.8 Å². The lowest BCUT2D eigenvalue weighted by atomic mass is 10.0. The first-order chi connectivity index (χ1) is 12.0. The number of phenolic OH excluding ortho intramolecular Hbond substituents is 1. The molecule has 1 N–H and O–H groups in total. The predicted molar refractivity (Wildman–Crippen MR) is 99.0 cm³/mol. The zero-order valence-electron chi connectivity index (χ0n) is 13.4. The van der Waals surface area contributed by atoms with Gasteiger partial charge in [0, 0.05) is 15.4 Å². The van der Waals surface area contributed by atoms with Crippen molar-refractivity contribution in [1.29, 1.82) is 0 Å². The number of esters is 1. The molecule has 3 aromatic rings. The molecule has 3 aromatic carbocycles. The van der Waals surface area contributed by atoms with Crippen molar-refractivity contribution in [3.8, 4) is 5.75 Å². The highest BCUT2D eigenvalue weighted by molar-refractivity contribution is 9.10. The number of hydrogen-bond donors (Lipinski definition) is 1. The van der Waals surface area contributed by atoms with Gasteiger partial charge in [0.1, 0.15) is 11.3 Å². The highest BCUT2D eigenvalue weighted by atomic mass is 79.9. The van der Waals surface area contributed by atoms with Crippen molar-refractivity contribution in [1.82, 2.24) is 0 Å². The van der Waals surface area contributed by atoms with E-state index in [-0.39, 0.29) is 17.1 Å². The van der Waals surface area contributed by atoms with Crippen LogP contribution in [0.1, 0.15) is 27.6 Å². The summed E-state index contributed by atoms with van der Waals surface area (Å²) in [4.78, 5) is 24.7. The SMILES string of the molecule is C[C@@H](OC(=O)c1ccc2ccccc2c1O)C(=O)c1ccc(Br)cc1. The summed E-state index contributed by atoms with van der Waals surface area (Å²) in [5, 5.41) is 11.7. The molecular formula is C20H15BrO4. The second-order valence-electron chi connectivity index (χ2n) is 5.60. The number of fused-ring (bicyclic) bond motifs is 1. The molecule has 0 amide bonds. The van der Waals surface area contributed by atoms with Crippen molar-refractivity contribution in [2.45, 2.75) is 13.0 Å². The average Bonchev–Trinajstić information content (AvgIpc) is 2.62. The van der Waals surface area contributed by atoms with E-state index in [0.29, 0.717) is 10.9 Å². The highest BCUT2D eigenvalue weighted by Gasteiger charge is 2.22. The Morgan fingerprint density at radius 3 is 2.40 bits per heavy atom. The maximum absolute atomic E-state index is 12.4. The van der Waals surface area contributed by atoms with Gasteiger partial charge >= 0.3 is 5.97 Å². The predicted octanol–water partition coefficient (Wildman–Crippen LogP) is 4.74. The smallest absolute Gasteiger partial charge is 0.342 e. The lowest BCUT2D eigenvalue weighted by Crippen LogP contribution is -2.24. The minimum absolute atomic E-state index is 0.0363. The van der Waals surface area contributed by atoms with E-state index in [1.165, 1.54) is 13.0 Å². The second-order valence-corrected chi connectivity index (χ2v) is 6.52. The van der Waals surface area contributed by atoms with Crippen LogP contribution in [0.15, 0.2) is 65.1 Å². The van der Waals surface area contributed by atoms with Crippen LogP contribution in [-0.4, -0.2) is 23.0 Å². The Balaban J connectivity index is 1.81. The number of carbonyl (C=O) groups excluding carboxylic acids is 2. The number of benzene rings is 3. The molecule has 0 radical (unpaired) electrons. The fraction of sp³-hybridized carbons (Fsp3) is 0.100. The summed E-state index contributed by atoms with van der Waals surface area (Å²) in [5.41, 5.74) is 0.486. The monoisotopic (exact) mass is 398 g/mol. The molecule has 3 rings (SSSR count). The molecule has 0 saturated heterocycles. The summed E-state index contributed by atoms with van der Waals surface area (Å²) < 4.78 is 6.11. The van der Waals surface area contributed by atoms with Gasteiger partial charge in [-0.3, -0.25) is 4.79 Å². The Kier molecular flexibility index (Phi) is 4.86. The zero-order valence-corrected chi connectivity index (χ0v) is 15.0. The van der Waals surface area contributed by atoms with Crippen molar-refractivity contribution in [2.24, 2.45) is 0 Å². The van der Waals surface area contributed by atoms with Crippen molar-refractivity contribution >= 4 is 38.5 Å².